The van der Waals surface area contributed by atoms with E-state index in [0.29, 0.717) is 12.1 Å². The number of aryl methyl sites for hydroxylation is 3. The largest absolute Gasteiger partial charge is 0.497 e. The maximum absolute atomic E-state index is 12.3. The second kappa shape index (κ2) is 13.5. The zero-order chi connectivity index (χ0) is 25.9. The molecular weight excluding hydrogens is 462 g/mol. The minimum atomic E-state index is -0.0455. The lowest BCUT2D eigenvalue weighted by atomic mass is 10.1. The average Bonchev–Trinajstić information content (AvgIpc) is 3.28. The molecule has 1 amide bonds. The van der Waals surface area contributed by atoms with Crippen LogP contribution in [-0.4, -0.2) is 35.7 Å². The Hall–Kier alpha value is -3.80. The smallest absolute Gasteiger partial charge is 0.251 e. The van der Waals surface area contributed by atoms with Crippen LogP contribution < -0.4 is 14.8 Å². The lowest BCUT2D eigenvalue weighted by Gasteiger charge is -2.11. The maximum Gasteiger partial charge on any atom is 0.251 e. The second-order valence-corrected chi connectivity index (χ2v) is 9.28. The van der Waals surface area contributed by atoms with Crippen molar-refractivity contribution in [3.63, 3.8) is 0 Å². The summed E-state index contributed by atoms with van der Waals surface area (Å²) in [4.78, 5) is 17.2. The van der Waals surface area contributed by atoms with Gasteiger partial charge in [0.05, 0.1) is 24.8 Å². The Kier molecular flexibility index (Phi) is 9.58. The molecule has 1 aromatic heterocycles. The molecule has 0 saturated heterocycles. The number of benzene rings is 3. The van der Waals surface area contributed by atoms with Crippen molar-refractivity contribution < 1.29 is 14.3 Å². The Balaban J connectivity index is 1.21. The number of carbonyl (C=O) groups excluding carboxylic acids is 1. The Morgan fingerprint density at radius 1 is 0.892 bits per heavy atom. The predicted octanol–water partition coefficient (Wildman–Crippen LogP) is 6.36. The van der Waals surface area contributed by atoms with Gasteiger partial charge in [0.25, 0.3) is 5.91 Å². The molecule has 1 N–H and O–H groups in total. The van der Waals surface area contributed by atoms with Gasteiger partial charge in [0.1, 0.15) is 17.3 Å². The summed E-state index contributed by atoms with van der Waals surface area (Å²) in [5.74, 6) is 2.81. The number of hydrogen-bond acceptors (Lipinski definition) is 4. The summed E-state index contributed by atoms with van der Waals surface area (Å²) in [7, 11) is 1.62. The van der Waals surface area contributed by atoms with Gasteiger partial charge in [0.2, 0.25) is 0 Å². The van der Waals surface area contributed by atoms with Crippen molar-refractivity contribution in [1.29, 1.82) is 0 Å². The number of nitrogens with zero attached hydrogens (tertiary/aromatic N) is 2. The van der Waals surface area contributed by atoms with Gasteiger partial charge in [0.15, 0.2) is 0 Å². The number of aromatic nitrogens is 2. The number of fused-ring (bicyclic) bond motifs is 1. The van der Waals surface area contributed by atoms with Gasteiger partial charge in [-0.3, -0.25) is 4.79 Å². The molecule has 4 rings (SSSR count). The van der Waals surface area contributed by atoms with Gasteiger partial charge < -0.3 is 19.4 Å². The van der Waals surface area contributed by atoms with Gasteiger partial charge in [0, 0.05) is 25.1 Å². The fourth-order valence-electron chi connectivity index (χ4n) is 4.47. The molecule has 0 aliphatic rings. The number of amides is 1. The molecule has 0 aliphatic carbocycles. The molecule has 0 radical (unpaired) electrons. The number of hydrogen-bond donors (Lipinski definition) is 1. The van der Waals surface area contributed by atoms with E-state index in [4.69, 9.17) is 14.5 Å². The fourth-order valence-corrected chi connectivity index (χ4v) is 4.47. The second-order valence-electron chi connectivity index (χ2n) is 9.28. The van der Waals surface area contributed by atoms with Crippen molar-refractivity contribution in [3.8, 4) is 11.5 Å². The van der Waals surface area contributed by atoms with Crippen LogP contribution >= 0.6 is 0 Å². The van der Waals surface area contributed by atoms with E-state index in [1.165, 1.54) is 11.1 Å². The van der Waals surface area contributed by atoms with Crippen molar-refractivity contribution in [3.05, 3.63) is 89.7 Å². The Morgan fingerprint density at radius 3 is 2.49 bits per heavy atom. The minimum absolute atomic E-state index is 0.0455. The first-order valence-corrected chi connectivity index (χ1v) is 13.2. The number of unbranched alkanes of at least 4 members (excludes halogenated alkanes) is 3. The Bertz CT molecular complexity index is 1280. The molecule has 0 saturated carbocycles. The van der Waals surface area contributed by atoms with Gasteiger partial charge in [-0.2, -0.15) is 0 Å². The number of carbonyl (C=O) groups is 1. The molecule has 6 nitrogen and oxygen atoms in total. The standard InChI is InChI=1S/C31H37N3O3/c1-24-12-5-8-15-29(24)37-23-11-10-22-34-28-14-7-6-13-27(28)33-30(34)16-4-3-9-21-32-31(35)25-17-19-26(36-2)20-18-25/h5-8,12-15,17-20H,3-4,9-11,16,21-23H2,1-2H3,(H,32,35). The van der Waals surface area contributed by atoms with Gasteiger partial charge >= 0.3 is 0 Å². The van der Waals surface area contributed by atoms with Crippen LogP contribution in [-0.2, 0) is 13.0 Å². The van der Waals surface area contributed by atoms with Crippen molar-refractivity contribution in [2.45, 2.75) is 52.0 Å². The molecule has 0 bridgehead atoms. The fraction of sp³-hybridized carbons (Fsp3) is 0.355. The summed E-state index contributed by atoms with van der Waals surface area (Å²) in [5, 5.41) is 3.01. The third-order valence-corrected chi connectivity index (χ3v) is 6.58. The molecule has 0 unspecified atom stereocenters. The van der Waals surface area contributed by atoms with Crippen molar-refractivity contribution in [2.75, 3.05) is 20.3 Å². The first-order valence-electron chi connectivity index (χ1n) is 13.2. The molecule has 194 valence electrons. The Morgan fingerprint density at radius 2 is 1.68 bits per heavy atom. The molecule has 37 heavy (non-hydrogen) atoms. The van der Waals surface area contributed by atoms with E-state index >= 15 is 0 Å². The number of para-hydroxylation sites is 3. The summed E-state index contributed by atoms with van der Waals surface area (Å²) < 4.78 is 13.5. The monoisotopic (exact) mass is 499 g/mol. The van der Waals surface area contributed by atoms with E-state index in [0.717, 1.165) is 74.5 Å². The number of nitrogens with one attached hydrogen (secondary N) is 1. The highest BCUT2D eigenvalue weighted by Gasteiger charge is 2.10. The van der Waals surface area contributed by atoms with E-state index in [-0.39, 0.29) is 5.91 Å². The zero-order valence-electron chi connectivity index (χ0n) is 21.9. The first-order chi connectivity index (χ1) is 18.2. The molecule has 1 heterocycles. The quantitative estimate of drug-likeness (QED) is 0.205. The van der Waals surface area contributed by atoms with Crippen LogP contribution in [0.3, 0.4) is 0 Å². The van der Waals surface area contributed by atoms with Crippen LogP contribution in [0, 0.1) is 6.92 Å². The maximum atomic E-state index is 12.3. The molecule has 0 atom stereocenters. The highest BCUT2D eigenvalue weighted by atomic mass is 16.5. The van der Waals surface area contributed by atoms with Crippen LogP contribution in [0.5, 0.6) is 11.5 Å². The molecule has 0 spiro atoms. The van der Waals surface area contributed by atoms with Gasteiger partial charge in [-0.15, -0.1) is 0 Å². The van der Waals surface area contributed by atoms with Crippen LogP contribution in [0.25, 0.3) is 11.0 Å². The highest BCUT2D eigenvalue weighted by Crippen LogP contribution is 2.20. The molecule has 4 aromatic rings. The molecule has 0 aliphatic heterocycles. The number of methoxy groups -OCH3 is 1. The van der Waals surface area contributed by atoms with E-state index in [1.807, 2.05) is 24.3 Å². The molecule has 6 heteroatoms. The molecule has 3 aromatic carbocycles. The van der Waals surface area contributed by atoms with Crippen LogP contribution in [0.4, 0.5) is 0 Å². The van der Waals surface area contributed by atoms with Crippen LogP contribution in [0.2, 0.25) is 0 Å². The van der Waals surface area contributed by atoms with Crippen LogP contribution in [0.15, 0.2) is 72.8 Å². The summed E-state index contributed by atoms with van der Waals surface area (Å²) in [6, 6.07) is 23.7. The predicted molar refractivity (Wildman–Crippen MR) is 149 cm³/mol. The minimum Gasteiger partial charge on any atom is -0.497 e. The van der Waals surface area contributed by atoms with Crippen molar-refractivity contribution in [1.82, 2.24) is 14.9 Å². The highest BCUT2D eigenvalue weighted by molar-refractivity contribution is 5.94. The average molecular weight is 500 g/mol. The third-order valence-electron chi connectivity index (χ3n) is 6.58. The van der Waals surface area contributed by atoms with E-state index in [9.17, 15) is 4.79 Å². The third kappa shape index (κ3) is 7.35. The summed E-state index contributed by atoms with van der Waals surface area (Å²) in [5.41, 5.74) is 4.08. The number of imidazole rings is 1. The lowest BCUT2D eigenvalue weighted by Crippen LogP contribution is -2.24. The first kappa shape index (κ1) is 26.3. The van der Waals surface area contributed by atoms with Crippen molar-refractivity contribution in [2.24, 2.45) is 0 Å². The normalized spacial score (nSPS) is 11.0. The van der Waals surface area contributed by atoms with Crippen molar-refractivity contribution >= 4 is 16.9 Å². The van der Waals surface area contributed by atoms with Gasteiger partial charge in [-0.05, 0) is 80.6 Å². The van der Waals surface area contributed by atoms with E-state index in [1.54, 1.807) is 31.4 Å². The zero-order valence-corrected chi connectivity index (χ0v) is 21.9. The topological polar surface area (TPSA) is 65.4 Å². The Labute approximate surface area is 219 Å². The SMILES string of the molecule is COc1ccc(C(=O)NCCCCCc2nc3ccccc3n2CCCCOc2ccccc2C)cc1. The summed E-state index contributed by atoms with van der Waals surface area (Å²) in [6.45, 7) is 4.40. The summed E-state index contributed by atoms with van der Waals surface area (Å²) >= 11 is 0. The molecular formula is C31H37N3O3. The number of ether oxygens (including phenoxy) is 2. The molecule has 0 fully saturated rings. The van der Waals surface area contributed by atoms with Gasteiger partial charge in [-0.25, -0.2) is 4.98 Å². The van der Waals surface area contributed by atoms with Gasteiger partial charge in [-0.1, -0.05) is 36.8 Å². The lowest BCUT2D eigenvalue weighted by molar-refractivity contribution is 0.0953. The summed E-state index contributed by atoms with van der Waals surface area (Å²) in [6.07, 6.45) is 5.98. The van der Waals surface area contributed by atoms with E-state index in [2.05, 4.69) is 41.1 Å². The van der Waals surface area contributed by atoms with Crippen LogP contribution in [0.1, 0.15) is 53.8 Å². The number of rotatable bonds is 14. The van der Waals surface area contributed by atoms with E-state index < -0.39 is 0 Å².